The molecule has 0 atom stereocenters. The molecular formula is C16H14OS3. The first-order valence-corrected chi connectivity index (χ1v) is 8.88. The zero-order chi connectivity index (χ0) is 14.1. The summed E-state index contributed by atoms with van der Waals surface area (Å²) in [7, 11) is 0. The van der Waals surface area contributed by atoms with E-state index in [1.165, 1.54) is 38.3 Å². The number of ether oxygens (including phenoxy) is 1. The topological polar surface area (TPSA) is 9.23 Å². The molecule has 0 aliphatic heterocycles. The Hall–Kier alpha value is -1.36. The second-order valence-electron chi connectivity index (χ2n) is 4.53. The highest BCUT2D eigenvalue weighted by atomic mass is 32.1. The average molecular weight is 318 g/mol. The van der Waals surface area contributed by atoms with Crippen molar-refractivity contribution < 1.29 is 4.74 Å². The molecule has 3 rings (SSSR count). The quantitative estimate of drug-likeness (QED) is 0.510. The molecule has 0 spiro atoms. The van der Waals surface area contributed by atoms with E-state index in [1.807, 2.05) is 0 Å². The molecule has 3 heterocycles. The highest BCUT2D eigenvalue weighted by molar-refractivity contribution is 7.20. The van der Waals surface area contributed by atoms with Crippen molar-refractivity contribution in [2.75, 3.05) is 0 Å². The van der Waals surface area contributed by atoms with Crippen molar-refractivity contribution in [3.8, 4) is 26.6 Å². The van der Waals surface area contributed by atoms with Gasteiger partial charge >= 0.3 is 0 Å². The van der Waals surface area contributed by atoms with Gasteiger partial charge in [-0.2, -0.15) is 22.7 Å². The summed E-state index contributed by atoms with van der Waals surface area (Å²) in [6, 6.07) is 2.12. The van der Waals surface area contributed by atoms with E-state index in [-0.39, 0.29) is 0 Å². The van der Waals surface area contributed by atoms with Gasteiger partial charge in [0.2, 0.25) is 0 Å². The maximum absolute atomic E-state index is 5.62. The molecule has 3 aromatic heterocycles. The predicted molar refractivity (Wildman–Crippen MR) is 91.2 cm³/mol. The smallest absolute Gasteiger partial charge is 0.145 e. The van der Waals surface area contributed by atoms with Gasteiger partial charge in [-0.3, -0.25) is 0 Å². The Kier molecular flexibility index (Phi) is 3.78. The molecule has 1 nitrogen and oxygen atoms in total. The molecule has 0 bridgehead atoms. The van der Waals surface area contributed by atoms with E-state index in [0.717, 1.165) is 5.75 Å². The average Bonchev–Trinajstić information content (AvgIpc) is 3.10. The minimum Gasteiger partial charge on any atom is -0.464 e. The molecule has 3 aromatic rings. The Morgan fingerprint density at radius 3 is 2.20 bits per heavy atom. The Balaban J connectivity index is 2.14. The van der Waals surface area contributed by atoms with Gasteiger partial charge in [0.15, 0.2) is 0 Å². The molecule has 0 amide bonds. The molecule has 0 N–H and O–H groups in total. The third kappa shape index (κ3) is 2.35. The van der Waals surface area contributed by atoms with Crippen LogP contribution in [-0.4, -0.2) is 0 Å². The second kappa shape index (κ2) is 5.56. The fourth-order valence-corrected chi connectivity index (χ4v) is 5.17. The van der Waals surface area contributed by atoms with E-state index in [0.29, 0.717) is 0 Å². The monoisotopic (exact) mass is 318 g/mol. The van der Waals surface area contributed by atoms with Crippen LogP contribution >= 0.6 is 34.0 Å². The standard InChI is InChI=1S/C16H14OS3/c1-4-17-14-5-15(12-8-18-6-10(12)2)20-16(14)13-9-19-7-11(13)3/h4-9H,1H2,2-3H3. The van der Waals surface area contributed by atoms with Gasteiger partial charge in [-0.25, -0.2) is 0 Å². The van der Waals surface area contributed by atoms with Gasteiger partial charge in [-0.15, -0.1) is 11.3 Å². The number of hydrogen-bond acceptors (Lipinski definition) is 4. The van der Waals surface area contributed by atoms with E-state index in [1.54, 1.807) is 34.0 Å². The van der Waals surface area contributed by atoms with Crippen molar-refractivity contribution in [1.29, 1.82) is 0 Å². The molecule has 0 radical (unpaired) electrons. The lowest BCUT2D eigenvalue weighted by atomic mass is 10.1. The van der Waals surface area contributed by atoms with E-state index in [4.69, 9.17) is 4.74 Å². The summed E-state index contributed by atoms with van der Waals surface area (Å²) >= 11 is 5.25. The summed E-state index contributed by atoms with van der Waals surface area (Å²) in [6.45, 7) is 7.96. The van der Waals surface area contributed by atoms with Crippen molar-refractivity contribution in [3.63, 3.8) is 0 Å². The molecular weight excluding hydrogens is 304 g/mol. The van der Waals surface area contributed by atoms with Crippen LogP contribution in [0.4, 0.5) is 0 Å². The van der Waals surface area contributed by atoms with Crippen molar-refractivity contribution in [3.05, 3.63) is 51.6 Å². The van der Waals surface area contributed by atoms with E-state index in [9.17, 15) is 0 Å². The van der Waals surface area contributed by atoms with Gasteiger partial charge in [0.05, 0.1) is 11.1 Å². The van der Waals surface area contributed by atoms with Crippen LogP contribution in [0, 0.1) is 13.8 Å². The number of thiophene rings is 3. The van der Waals surface area contributed by atoms with Crippen molar-refractivity contribution in [2.24, 2.45) is 0 Å². The summed E-state index contributed by atoms with van der Waals surface area (Å²) in [5.74, 6) is 0.895. The third-order valence-corrected chi connectivity index (χ3v) is 6.04. The molecule has 102 valence electrons. The van der Waals surface area contributed by atoms with Crippen LogP contribution < -0.4 is 4.74 Å². The molecule has 0 unspecified atom stereocenters. The predicted octanol–water partition coefficient (Wildman–Crippen LogP) is 6.34. The van der Waals surface area contributed by atoms with Gasteiger partial charge in [0, 0.05) is 22.1 Å². The summed E-state index contributed by atoms with van der Waals surface area (Å²) in [5, 5.41) is 8.73. The third-order valence-electron chi connectivity index (χ3n) is 3.13. The van der Waals surface area contributed by atoms with E-state index >= 15 is 0 Å². The molecule has 0 aliphatic rings. The van der Waals surface area contributed by atoms with Crippen LogP contribution in [0.15, 0.2) is 40.4 Å². The SMILES string of the molecule is C=COc1cc(-c2cscc2C)sc1-c1cscc1C. The molecule has 4 heteroatoms. The zero-order valence-corrected chi connectivity index (χ0v) is 13.8. The van der Waals surface area contributed by atoms with Crippen LogP contribution in [0.3, 0.4) is 0 Å². The fourth-order valence-electron chi connectivity index (χ4n) is 2.08. The van der Waals surface area contributed by atoms with Gasteiger partial charge < -0.3 is 4.74 Å². The lowest BCUT2D eigenvalue weighted by Gasteiger charge is -2.01. The summed E-state index contributed by atoms with van der Waals surface area (Å²) < 4.78 is 5.62. The number of aryl methyl sites for hydroxylation is 2. The first-order valence-electron chi connectivity index (χ1n) is 6.18. The van der Waals surface area contributed by atoms with Gasteiger partial charge in [-0.1, -0.05) is 6.58 Å². The minimum absolute atomic E-state index is 0.895. The summed E-state index contributed by atoms with van der Waals surface area (Å²) in [5.41, 5.74) is 5.17. The molecule has 0 aliphatic carbocycles. The maximum Gasteiger partial charge on any atom is 0.145 e. The van der Waals surface area contributed by atoms with Crippen LogP contribution in [0.5, 0.6) is 5.75 Å². The normalized spacial score (nSPS) is 10.7. The molecule has 0 saturated heterocycles. The highest BCUT2D eigenvalue weighted by Gasteiger charge is 2.16. The second-order valence-corrected chi connectivity index (χ2v) is 7.06. The van der Waals surface area contributed by atoms with Crippen molar-refractivity contribution in [2.45, 2.75) is 13.8 Å². The Morgan fingerprint density at radius 2 is 1.65 bits per heavy atom. The van der Waals surface area contributed by atoms with Crippen LogP contribution in [0.2, 0.25) is 0 Å². The Morgan fingerprint density at radius 1 is 1.00 bits per heavy atom. The Labute approximate surface area is 130 Å². The van der Waals surface area contributed by atoms with Gasteiger partial charge in [0.1, 0.15) is 5.75 Å². The highest BCUT2D eigenvalue weighted by Crippen LogP contribution is 2.46. The minimum atomic E-state index is 0.895. The van der Waals surface area contributed by atoms with Crippen LogP contribution in [0.1, 0.15) is 11.1 Å². The first-order chi connectivity index (χ1) is 9.70. The van der Waals surface area contributed by atoms with E-state index in [2.05, 4.69) is 48.0 Å². The zero-order valence-electron chi connectivity index (χ0n) is 11.3. The molecule has 20 heavy (non-hydrogen) atoms. The lowest BCUT2D eigenvalue weighted by molar-refractivity contribution is 0.487. The van der Waals surface area contributed by atoms with Crippen LogP contribution in [-0.2, 0) is 0 Å². The Bertz CT molecular complexity index is 745. The number of hydrogen-bond donors (Lipinski definition) is 0. The maximum atomic E-state index is 5.62. The number of rotatable bonds is 4. The van der Waals surface area contributed by atoms with Crippen LogP contribution in [0.25, 0.3) is 20.9 Å². The van der Waals surface area contributed by atoms with Crippen molar-refractivity contribution in [1.82, 2.24) is 0 Å². The van der Waals surface area contributed by atoms with Gasteiger partial charge in [-0.05, 0) is 46.5 Å². The summed E-state index contributed by atoms with van der Waals surface area (Å²) in [6.07, 6.45) is 1.50. The molecule has 0 aromatic carbocycles. The summed E-state index contributed by atoms with van der Waals surface area (Å²) in [4.78, 5) is 2.44. The van der Waals surface area contributed by atoms with Gasteiger partial charge in [0.25, 0.3) is 0 Å². The fraction of sp³-hybridized carbons (Fsp3) is 0.125. The van der Waals surface area contributed by atoms with Crippen molar-refractivity contribution >= 4 is 34.0 Å². The van der Waals surface area contributed by atoms with E-state index < -0.39 is 0 Å². The first kappa shape index (κ1) is 13.6. The molecule has 0 saturated carbocycles. The lowest BCUT2D eigenvalue weighted by Crippen LogP contribution is -1.80. The largest absolute Gasteiger partial charge is 0.464 e. The molecule has 0 fully saturated rings.